The van der Waals surface area contributed by atoms with E-state index in [1.165, 1.54) is 0 Å². The molecule has 0 saturated heterocycles. The predicted molar refractivity (Wildman–Crippen MR) is 39.0 cm³/mol. The van der Waals surface area contributed by atoms with E-state index in [2.05, 4.69) is 0 Å². The second-order valence-electron chi connectivity index (χ2n) is 4.03. The van der Waals surface area contributed by atoms with Crippen LogP contribution in [0.15, 0.2) is 0 Å². The average Bonchev–Trinajstić information content (AvgIpc) is 2.05. The molecule has 0 radical (unpaired) electrons. The Bertz CT molecular complexity index is 177. The number of hydrogen-bond donors (Lipinski definition) is 1. The van der Waals surface area contributed by atoms with Gasteiger partial charge in [0.05, 0.1) is 5.92 Å². The number of carbonyl (C=O) groups is 1. The summed E-state index contributed by atoms with van der Waals surface area (Å²) in [7, 11) is 0. The lowest BCUT2D eigenvalue weighted by molar-refractivity contribution is -0.143. The Hall–Kier alpha value is -0.600. The molecular weight excluding hydrogens is 147 g/mol. The molecule has 1 aliphatic carbocycles. The van der Waals surface area contributed by atoms with Crippen LogP contribution in [0.2, 0.25) is 0 Å². The smallest absolute Gasteiger partial charge is 0.309 e. The van der Waals surface area contributed by atoms with E-state index >= 15 is 0 Å². The van der Waals surface area contributed by atoms with Gasteiger partial charge in [0, 0.05) is 0 Å². The quantitative estimate of drug-likeness (QED) is 0.635. The van der Waals surface area contributed by atoms with Crippen LogP contribution in [0.4, 0.5) is 4.39 Å². The molecule has 0 heterocycles. The summed E-state index contributed by atoms with van der Waals surface area (Å²) in [4.78, 5) is 10.5. The van der Waals surface area contributed by atoms with Gasteiger partial charge in [0.15, 0.2) is 0 Å². The summed E-state index contributed by atoms with van der Waals surface area (Å²) in [5, 5.41) is 8.58. The highest BCUT2D eigenvalue weighted by Crippen LogP contribution is 2.42. The van der Waals surface area contributed by atoms with Crippen LogP contribution < -0.4 is 0 Å². The second-order valence-corrected chi connectivity index (χ2v) is 4.03. The van der Waals surface area contributed by atoms with Crippen LogP contribution in [-0.4, -0.2) is 17.2 Å². The molecule has 1 rings (SSSR count). The molecule has 1 aliphatic rings. The molecule has 1 fully saturated rings. The third-order valence-corrected chi connectivity index (χ3v) is 2.27. The van der Waals surface area contributed by atoms with Crippen LogP contribution in [0, 0.1) is 11.3 Å². The van der Waals surface area contributed by atoms with Crippen LogP contribution in [-0.2, 0) is 4.79 Å². The number of hydrogen-bond acceptors (Lipinski definition) is 1. The summed E-state index contributed by atoms with van der Waals surface area (Å²) in [5.41, 5.74) is -0.136. The Labute approximate surface area is 65.4 Å². The lowest BCUT2D eigenvalue weighted by Crippen LogP contribution is -2.18. The van der Waals surface area contributed by atoms with Gasteiger partial charge in [0.2, 0.25) is 0 Å². The molecule has 0 aromatic heterocycles. The first kappa shape index (κ1) is 8.50. The monoisotopic (exact) mass is 160 g/mol. The van der Waals surface area contributed by atoms with Gasteiger partial charge in [-0.05, 0) is 18.3 Å². The van der Waals surface area contributed by atoms with Gasteiger partial charge in [0.1, 0.15) is 6.17 Å². The van der Waals surface area contributed by atoms with Crippen LogP contribution in [0.5, 0.6) is 0 Å². The van der Waals surface area contributed by atoms with Crippen molar-refractivity contribution in [3.05, 3.63) is 0 Å². The second kappa shape index (κ2) is 2.47. The molecule has 0 spiro atoms. The summed E-state index contributed by atoms with van der Waals surface area (Å²) in [5.74, 6) is -1.77. The van der Waals surface area contributed by atoms with Gasteiger partial charge in [0.25, 0.3) is 0 Å². The minimum absolute atomic E-state index is 0.136. The molecular formula is C8H13FO2. The fourth-order valence-corrected chi connectivity index (χ4v) is 1.72. The largest absolute Gasteiger partial charge is 0.481 e. The highest BCUT2D eigenvalue weighted by molar-refractivity contribution is 5.71. The molecule has 0 aromatic carbocycles. The Balaban J connectivity index is 2.66. The van der Waals surface area contributed by atoms with Crippen LogP contribution in [0.1, 0.15) is 26.7 Å². The number of carboxylic acids is 1. The van der Waals surface area contributed by atoms with E-state index in [0.29, 0.717) is 12.8 Å². The minimum atomic E-state index is -1.15. The van der Waals surface area contributed by atoms with E-state index in [1.54, 1.807) is 0 Å². The maximum Gasteiger partial charge on any atom is 0.309 e. The maximum atomic E-state index is 13.0. The van der Waals surface area contributed by atoms with Crippen molar-refractivity contribution < 1.29 is 14.3 Å². The number of aliphatic carboxylic acids is 1. The van der Waals surface area contributed by atoms with Crippen LogP contribution >= 0.6 is 0 Å². The standard InChI is InChI=1S/C8H13FO2/c1-8(2)3-5(7(10)11)6(9)4-8/h5-6H,3-4H2,1-2H3,(H,10,11). The van der Waals surface area contributed by atoms with Crippen molar-refractivity contribution in [2.24, 2.45) is 11.3 Å². The van der Waals surface area contributed by atoms with Crippen molar-refractivity contribution in [1.29, 1.82) is 0 Å². The van der Waals surface area contributed by atoms with Crippen molar-refractivity contribution in [2.75, 3.05) is 0 Å². The summed E-state index contributed by atoms with van der Waals surface area (Å²) in [6.07, 6.45) is -0.310. The summed E-state index contributed by atoms with van der Waals surface area (Å²) in [6.45, 7) is 3.81. The Morgan fingerprint density at radius 1 is 1.55 bits per heavy atom. The summed E-state index contributed by atoms with van der Waals surface area (Å²) < 4.78 is 13.0. The zero-order valence-corrected chi connectivity index (χ0v) is 6.80. The van der Waals surface area contributed by atoms with Gasteiger partial charge >= 0.3 is 5.97 Å². The van der Waals surface area contributed by atoms with Gasteiger partial charge in [-0.25, -0.2) is 4.39 Å². The van der Waals surface area contributed by atoms with Gasteiger partial charge < -0.3 is 5.11 Å². The van der Waals surface area contributed by atoms with Crippen molar-refractivity contribution in [1.82, 2.24) is 0 Å². The van der Waals surface area contributed by atoms with Gasteiger partial charge in [-0.1, -0.05) is 13.8 Å². The highest BCUT2D eigenvalue weighted by Gasteiger charge is 2.43. The van der Waals surface area contributed by atoms with Gasteiger partial charge in [-0.2, -0.15) is 0 Å². The van der Waals surface area contributed by atoms with E-state index in [9.17, 15) is 9.18 Å². The molecule has 0 amide bonds. The van der Waals surface area contributed by atoms with E-state index < -0.39 is 18.1 Å². The number of rotatable bonds is 1. The summed E-state index contributed by atoms with van der Waals surface area (Å²) >= 11 is 0. The van der Waals surface area contributed by atoms with Crippen LogP contribution in [0.3, 0.4) is 0 Å². The molecule has 1 saturated carbocycles. The molecule has 64 valence electrons. The van der Waals surface area contributed by atoms with Crippen molar-refractivity contribution in [3.8, 4) is 0 Å². The first-order valence-electron chi connectivity index (χ1n) is 3.79. The van der Waals surface area contributed by atoms with Crippen molar-refractivity contribution in [2.45, 2.75) is 32.9 Å². The number of halogens is 1. The lowest BCUT2D eigenvalue weighted by atomic mass is 9.91. The van der Waals surface area contributed by atoms with Crippen molar-refractivity contribution in [3.63, 3.8) is 0 Å². The topological polar surface area (TPSA) is 37.3 Å². The molecule has 2 atom stereocenters. The molecule has 0 aliphatic heterocycles. The Morgan fingerprint density at radius 3 is 2.27 bits per heavy atom. The maximum absolute atomic E-state index is 13.0. The average molecular weight is 160 g/mol. The van der Waals surface area contributed by atoms with E-state index in [0.717, 1.165) is 0 Å². The zero-order valence-electron chi connectivity index (χ0n) is 6.80. The first-order chi connectivity index (χ1) is 4.92. The molecule has 2 unspecified atom stereocenters. The summed E-state index contributed by atoms with van der Waals surface area (Å²) in [6, 6.07) is 0. The molecule has 0 bridgehead atoms. The predicted octanol–water partition coefficient (Wildman–Crippen LogP) is 1.85. The van der Waals surface area contributed by atoms with E-state index in [-0.39, 0.29) is 5.41 Å². The van der Waals surface area contributed by atoms with Gasteiger partial charge in [-0.15, -0.1) is 0 Å². The molecule has 1 N–H and O–H groups in total. The number of carboxylic acid groups (broad SMARTS) is 1. The fourth-order valence-electron chi connectivity index (χ4n) is 1.72. The lowest BCUT2D eigenvalue weighted by Gasteiger charge is -2.14. The molecule has 2 nitrogen and oxygen atoms in total. The molecule has 3 heteroatoms. The molecule has 0 aromatic rings. The number of alkyl halides is 1. The minimum Gasteiger partial charge on any atom is -0.481 e. The van der Waals surface area contributed by atoms with Gasteiger partial charge in [-0.3, -0.25) is 4.79 Å². The first-order valence-corrected chi connectivity index (χ1v) is 3.79. The van der Waals surface area contributed by atoms with Crippen molar-refractivity contribution >= 4 is 5.97 Å². The Kier molecular flexibility index (Phi) is 1.90. The SMILES string of the molecule is CC1(C)CC(F)C(C(=O)O)C1. The van der Waals surface area contributed by atoms with Crippen LogP contribution in [0.25, 0.3) is 0 Å². The third-order valence-electron chi connectivity index (χ3n) is 2.27. The van der Waals surface area contributed by atoms with E-state index in [4.69, 9.17) is 5.11 Å². The third kappa shape index (κ3) is 1.70. The zero-order chi connectivity index (χ0) is 8.65. The highest BCUT2D eigenvalue weighted by atomic mass is 19.1. The fraction of sp³-hybridized carbons (Fsp3) is 0.875. The Morgan fingerprint density at radius 2 is 2.09 bits per heavy atom. The van der Waals surface area contributed by atoms with E-state index in [1.807, 2.05) is 13.8 Å². The normalized spacial score (nSPS) is 35.5. The molecule has 11 heavy (non-hydrogen) atoms.